The Morgan fingerprint density at radius 1 is 1.33 bits per heavy atom. The van der Waals surface area contributed by atoms with Crippen molar-refractivity contribution in [3.8, 4) is 5.75 Å². The normalized spacial score (nSPS) is 16.7. The number of nitrogens with two attached hydrogens (primary N) is 2. The lowest BCUT2D eigenvalue weighted by Crippen LogP contribution is -2.35. The summed E-state index contributed by atoms with van der Waals surface area (Å²) < 4.78 is 6.04. The molecule has 2 aromatic rings. The molecule has 0 unspecified atom stereocenters. The lowest BCUT2D eigenvalue weighted by Gasteiger charge is -2.28. The number of nitrogens with one attached hydrogen (secondary N) is 1. The third-order valence-electron chi connectivity index (χ3n) is 7.13. The van der Waals surface area contributed by atoms with Crippen LogP contribution in [0.3, 0.4) is 0 Å². The highest BCUT2D eigenvalue weighted by Gasteiger charge is 2.29. The van der Waals surface area contributed by atoms with E-state index in [1.807, 2.05) is 26.0 Å². The number of phenols is 1. The van der Waals surface area contributed by atoms with Crippen LogP contribution in [-0.4, -0.2) is 52.3 Å². The van der Waals surface area contributed by atoms with Crippen LogP contribution in [0.1, 0.15) is 61.4 Å². The third-order valence-corrected chi connectivity index (χ3v) is 7.13. The summed E-state index contributed by atoms with van der Waals surface area (Å²) >= 11 is 0. The number of nitrogen functional groups attached to an aromatic ring is 1. The van der Waals surface area contributed by atoms with E-state index in [0.717, 1.165) is 22.4 Å². The Kier molecular flexibility index (Phi) is 9.84. The molecule has 2 atom stereocenters. The fourth-order valence-electron chi connectivity index (χ4n) is 4.92. The number of hydrogen-bond acceptors (Lipinski definition) is 6. The highest BCUT2D eigenvalue weighted by molar-refractivity contribution is 5.93. The summed E-state index contributed by atoms with van der Waals surface area (Å²) in [6.07, 6.45) is 8.62. The molecular formula is C31H40N4O4. The number of H-pyrrole nitrogens is 1. The van der Waals surface area contributed by atoms with Gasteiger partial charge in [0.1, 0.15) is 17.3 Å². The number of rotatable bonds is 11. The minimum atomic E-state index is -0.189. The molecule has 1 saturated heterocycles. The zero-order valence-corrected chi connectivity index (χ0v) is 23.0. The first-order valence-electron chi connectivity index (χ1n) is 13.1. The average Bonchev–Trinajstić information content (AvgIpc) is 3.48. The first-order chi connectivity index (χ1) is 18.6. The highest BCUT2D eigenvalue weighted by Crippen LogP contribution is 2.42. The molecule has 208 valence electrons. The van der Waals surface area contributed by atoms with Gasteiger partial charge in [0.05, 0.1) is 6.61 Å². The molecule has 1 fully saturated rings. The molecule has 1 amide bonds. The number of carbonyl (C=O) groups is 1. The molecular weight excluding hydrogens is 492 g/mol. The molecule has 1 aliphatic heterocycles. The number of benzene rings is 1. The molecule has 8 nitrogen and oxygen atoms in total. The van der Waals surface area contributed by atoms with E-state index in [1.54, 1.807) is 42.3 Å². The number of aromatic nitrogens is 1. The molecule has 2 heterocycles. The maximum absolute atomic E-state index is 12.3. The Hall–Kier alpha value is -4.17. The van der Waals surface area contributed by atoms with Gasteiger partial charge in [-0.25, -0.2) is 0 Å². The molecule has 0 bridgehead atoms. The Morgan fingerprint density at radius 3 is 2.64 bits per heavy atom. The summed E-state index contributed by atoms with van der Waals surface area (Å²) in [6.45, 7) is 12.2. The molecule has 0 saturated carbocycles. The minimum absolute atomic E-state index is 0.0567. The molecule has 7 N–H and O–H groups in total. The second-order valence-corrected chi connectivity index (χ2v) is 9.75. The molecule has 3 rings (SSSR count). The van der Waals surface area contributed by atoms with Crippen LogP contribution in [-0.2, 0) is 9.53 Å². The second kappa shape index (κ2) is 13.1. The number of nitrogens with zero attached hydrogens (tertiary/aromatic N) is 1. The van der Waals surface area contributed by atoms with Crippen LogP contribution < -0.4 is 11.5 Å². The summed E-state index contributed by atoms with van der Waals surface area (Å²) in [5.41, 5.74) is 17.8. The van der Waals surface area contributed by atoms with Crippen molar-refractivity contribution in [3.63, 3.8) is 0 Å². The van der Waals surface area contributed by atoms with Gasteiger partial charge < -0.3 is 36.3 Å². The second-order valence-electron chi connectivity index (χ2n) is 9.75. The maximum Gasteiger partial charge on any atom is 0.245 e. The lowest BCUT2D eigenvalue weighted by atomic mass is 9.86. The number of hydrogen-bond donors (Lipinski definition) is 5. The Balaban J connectivity index is 2.28. The van der Waals surface area contributed by atoms with Crippen molar-refractivity contribution in [3.05, 3.63) is 89.4 Å². The van der Waals surface area contributed by atoms with Crippen LogP contribution in [0.15, 0.2) is 67.0 Å². The Bertz CT molecular complexity index is 1320. The van der Waals surface area contributed by atoms with Gasteiger partial charge in [-0.3, -0.25) is 4.79 Å². The fraction of sp³-hybridized carbons (Fsp3) is 0.323. The van der Waals surface area contributed by atoms with E-state index in [4.69, 9.17) is 16.2 Å². The van der Waals surface area contributed by atoms with E-state index in [-0.39, 0.29) is 30.2 Å². The van der Waals surface area contributed by atoms with E-state index < -0.39 is 0 Å². The maximum atomic E-state index is 12.3. The molecule has 1 aliphatic rings. The molecule has 0 radical (unpaired) electrons. The number of likely N-dealkylation sites (N-methyl/N-ethyl adjacent to an activating group) is 1. The van der Waals surface area contributed by atoms with Gasteiger partial charge in [0.15, 0.2) is 0 Å². The quantitative estimate of drug-likeness (QED) is 0.261. The van der Waals surface area contributed by atoms with Crippen molar-refractivity contribution in [2.75, 3.05) is 26.0 Å². The first kappa shape index (κ1) is 29.4. The number of phenolic OH excluding ortho intramolecular Hbond substituents is 1. The number of carbonyl (C=O) groups excluding carboxylic acids is 1. The Labute approximate surface area is 230 Å². The van der Waals surface area contributed by atoms with Gasteiger partial charge in [0.25, 0.3) is 0 Å². The first-order valence-corrected chi connectivity index (χ1v) is 13.1. The standard InChI is InChI=1S/C31H40N4O4/c1-6-10-23(30-19(3)14-16-39-30)28-24(18-25(32)22-11-8-9-12-26(22)37)31(33)34-29(28)21(13-15-36)17-20(4)35(5)27(38)7-2/h6-12,18,20-21,34,36-37H,2-3,13-17,32-33H2,1,4-5H3/b10-6-,25-18-,30-23-/t20-,21-/m1/s1. The third kappa shape index (κ3) is 6.46. The molecule has 8 heteroatoms. The largest absolute Gasteiger partial charge is 0.507 e. The number of aromatic hydroxyl groups is 1. The van der Waals surface area contributed by atoms with Gasteiger partial charge >= 0.3 is 0 Å². The predicted octanol–water partition coefficient (Wildman–Crippen LogP) is 4.91. The summed E-state index contributed by atoms with van der Waals surface area (Å²) in [5, 5.41) is 20.4. The van der Waals surface area contributed by atoms with Crippen molar-refractivity contribution in [1.29, 1.82) is 0 Å². The van der Waals surface area contributed by atoms with E-state index in [0.29, 0.717) is 54.3 Å². The lowest BCUT2D eigenvalue weighted by molar-refractivity contribution is -0.126. The van der Waals surface area contributed by atoms with Gasteiger partial charge in [-0.1, -0.05) is 37.4 Å². The zero-order chi connectivity index (χ0) is 28.7. The van der Waals surface area contributed by atoms with Gasteiger partial charge in [0, 0.05) is 65.7 Å². The van der Waals surface area contributed by atoms with Crippen LogP contribution in [0.2, 0.25) is 0 Å². The number of aliphatic hydroxyl groups is 1. The molecule has 0 spiro atoms. The number of allylic oxidation sites excluding steroid dienone is 4. The summed E-state index contributed by atoms with van der Waals surface area (Å²) in [6, 6.07) is 6.69. The molecule has 1 aromatic carbocycles. The smallest absolute Gasteiger partial charge is 0.245 e. The fourth-order valence-corrected chi connectivity index (χ4v) is 4.92. The number of para-hydroxylation sites is 1. The van der Waals surface area contributed by atoms with Crippen LogP contribution in [0.25, 0.3) is 17.3 Å². The number of aromatic amines is 1. The van der Waals surface area contributed by atoms with Crippen LogP contribution in [0.4, 0.5) is 5.82 Å². The van der Waals surface area contributed by atoms with E-state index in [9.17, 15) is 15.0 Å². The minimum Gasteiger partial charge on any atom is -0.507 e. The predicted molar refractivity (Wildman–Crippen MR) is 158 cm³/mol. The summed E-state index contributed by atoms with van der Waals surface area (Å²) in [4.78, 5) is 17.3. The number of anilines is 1. The average molecular weight is 533 g/mol. The van der Waals surface area contributed by atoms with Crippen molar-refractivity contribution >= 4 is 29.1 Å². The van der Waals surface area contributed by atoms with Crippen molar-refractivity contribution in [1.82, 2.24) is 9.88 Å². The molecule has 1 aromatic heterocycles. The number of aliphatic hydroxyl groups excluding tert-OH is 1. The van der Waals surface area contributed by atoms with E-state index in [1.165, 1.54) is 6.08 Å². The molecule has 39 heavy (non-hydrogen) atoms. The summed E-state index contributed by atoms with van der Waals surface area (Å²) in [5.74, 6) is 0.757. The van der Waals surface area contributed by atoms with E-state index >= 15 is 0 Å². The van der Waals surface area contributed by atoms with Crippen molar-refractivity contribution in [2.24, 2.45) is 5.73 Å². The monoisotopic (exact) mass is 532 g/mol. The zero-order valence-electron chi connectivity index (χ0n) is 23.0. The SMILES string of the molecule is C=CC(=O)N(C)[C@H](C)C[C@@H](CCO)c1[nH]c(N)c(/C=C(\N)c2ccccc2O)c1C(/C=C\C)=C1\OCCC1=C. The van der Waals surface area contributed by atoms with Gasteiger partial charge in [-0.05, 0) is 56.5 Å². The van der Waals surface area contributed by atoms with Crippen molar-refractivity contribution in [2.45, 2.75) is 45.1 Å². The van der Waals surface area contributed by atoms with Crippen molar-refractivity contribution < 1.29 is 19.7 Å². The van der Waals surface area contributed by atoms with Gasteiger partial charge in [-0.15, -0.1) is 0 Å². The van der Waals surface area contributed by atoms with Crippen LogP contribution in [0, 0.1) is 0 Å². The molecule has 0 aliphatic carbocycles. The number of amides is 1. The van der Waals surface area contributed by atoms with Crippen LogP contribution in [0.5, 0.6) is 5.75 Å². The summed E-state index contributed by atoms with van der Waals surface area (Å²) in [7, 11) is 1.74. The van der Waals surface area contributed by atoms with Crippen LogP contribution >= 0.6 is 0 Å². The highest BCUT2D eigenvalue weighted by atomic mass is 16.5. The van der Waals surface area contributed by atoms with E-state index in [2.05, 4.69) is 18.1 Å². The Morgan fingerprint density at radius 2 is 2.05 bits per heavy atom. The topological polar surface area (TPSA) is 138 Å². The number of ether oxygens (including phenoxy) is 1. The van der Waals surface area contributed by atoms with Gasteiger partial charge in [-0.2, -0.15) is 0 Å². The van der Waals surface area contributed by atoms with Gasteiger partial charge in [0.2, 0.25) is 5.91 Å².